The van der Waals surface area contributed by atoms with Crippen LogP contribution in [0.4, 0.5) is 22.1 Å². The van der Waals surface area contributed by atoms with Crippen LogP contribution in [-0.2, 0) is 9.74 Å². The zero-order valence-electron chi connectivity index (χ0n) is 10.8. The molecule has 3 nitrogen and oxygen atoms in total. The molecule has 1 atom stereocenters. The number of carbonyl (C=O) groups is 1. The van der Waals surface area contributed by atoms with Gasteiger partial charge in [0.15, 0.2) is 0 Å². The maximum Gasteiger partial charge on any atom is 0.461 e. The molecule has 0 aromatic rings. The lowest BCUT2D eigenvalue weighted by atomic mass is 9.93. The summed E-state index contributed by atoms with van der Waals surface area (Å²) in [5.74, 6) is -7.03. The fourth-order valence-corrected chi connectivity index (χ4v) is 2.31. The average molecular weight is 301 g/mol. The van der Waals surface area contributed by atoms with Crippen molar-refractivity contribution in [3.8, 4) is 0 Å². The van der Waals surface area contributed by atoms with Crippen LogP contribution < -0.4 is 0 Å². The van der Waals surface area contributed by atoms with Gasteiger partial charge >= 0.3 is 17.9 Å². The van der Waals surface area contributed by atoms with E-state index in [0.29, 0.717) is 30.6 Å². The van der Waals surface area contributed by atoms with E-state index >= 15 is 0 Å². The molecular weight excluding hydrogens is 285 g/mol. The number of hydrogen-bond acceptors (Lipinski definition) is 2. The van der Waals surface area contributed by atoms with Crippen LogP contribution in [0.3, 0.4) is 0 Å². The van der Waals surface area contributed by atoms with Crippen LogP contribution in [0.2, 0.25) is 0 Å². The van der Waals surface area contributed by atoms with Gasteiger partial charge in [0.1, 0.15) is 0 Å². The molecule has 1 aliphatic rings. The topological polar surface area (TPSA) is 29.5 Å². The largest absolute Gasteiger partial charge is 0.461 e. The summed E-state index contributed by atoms with van der Waals surface area (Å²) in [6.45, 7) is 3.02. The van der Waals surface area contributed by atoms with Gasteiger partial charge < -0.3 is 4.90 Å². The normalized spacial score (nSPS) is 20.2. The lowest BCUT2D eigenvalue weighted by molar-refractivity contribution is -0.384. The maximum absolute atomic E-state index is 13.6. The Labute approximate surface area is 113 Å². The zero-order valence-corrected chi connectivity index (χ0v) is 10.8. The van der Waals surface area contributed by atoms with Crippen LogP contribution in [0.1, 0.15) is 32.1 Å². The van der Waals surface area contributed by atoms with Crippen molar-refractivity contribution in [1.82, 2.24) is 4.90 Å². The SMILES string of the molecule is C=CCN(C(=O)C(F)(OF)C(F)(F)F)C1CCCCC1. The highest BCUT2D eigenvalue weighted by molar-refractivity contribution is 5.85. The fourth-order valence-electron chi connectivity index (χ4n) is 2.31. The molecule has 116 valence electrons. The summed E-state index contributed by atoms with van der Waals surface area (Å²) in [7, 11) is 0. The van der Waals surface area contributed by atoms with Gasteiger partial charge in [0.05, 0.1) is 0 Å². The van der Waals surface area contributed by atoms with Gasteiger partial charge in [0.2, 0.25) is 0 Å². The van der Waals surface area contributed by atoms with Gasteiger partial charge in [-0.05, 0) is 17.4 Å². The minimum atomic E-state index is -5.78. The summed E-state index contributed by atoms with van der Waals surface area (Å²) in [6.07, 6.45) is -1.40. The monoisotopic (exact) mass is 301 g/mol. The molecule has 0 saturated heterocycles. The molecule has 1 fully saturated rings. The van der Waals surface area contributed by atoms with E-state index in [1.165, 1.54) is 6.08 Å². The molecule has 1 unspecified atom stereocenters. The molecular formula is C12H16F5NO2. The van der Waals surface area contributed by atoms with Gasteiger partial charge in [-0.1, -0.05) is 25.3 Å². The highest BCUT2D eigenvalue weighted by atomic mass is 19.4. The number of rotatable bonds is 5. The van der Waals surface area contributed by atoms with Crippen molar-refractivity contribution in [3.63, 3.8) is 0 Å². The van der Waals surface area contributed by atoms with Crippen molar-refractivity contribution < 1.29 is 31.8 Å². The van der Waals surface area contributed by atoms with Gasteiger partial charge in [0.25, 0.3) is 0 Å². The van der Waals surface area contributed by atoms with Crippen LogP contribution in [0, 0.1) is 0 Å². The molecule has 0 heterocycles. The number of alkyl halides is 4. The third-order valence-electron chi connectivity index (χ3n) is 3.35. The Balaban J connectivity index is 3.00. The van der Waals surface area contributed by atoms with Crippen molar-refractivity contribution in [1.29, 1.82) is 0 Å². The van der Waals surface area contributed by atoms with Gasteiger partial charge in [-0.15, -0.1) is 11.5 Å². The lowest BCUT2D eigenvalue weighted by Gasteiger charge is -2.36. The van der Waals surface area contributed by atoms with E-state index in [1.807, 2.05) is 0 Å². The second-order valence-electron chi connectivity index (χ2n) is 4.71. The minimum Gasteiger partial charge on any atom is -0.331 e. The highest BCUT2D eigenvalue weighted by Crippen LogP contribution is 2.38. The number of hydrogen-bond donors (Lipinski definition) is 0. The van der Waals surface area contributed by atoms with Gasteiger partial charge in [-0.2, -0.15) is 17.6 Å². The first-order valence-electron chi connectivity index (χ1n) is 6.25. The van der Waals surface area contributed by atoms with E-state index in [4.69, 9.17) is 0 Å². The van der Waals surface area contributed by atoms with E-state index in [2.05, 4.69) is 11.5 Å². The maximum atomic E-state index is 13.6. The van der Waals surface area contributed by atoms with E-state index in [0.717, 1.165) is 6.42 Å². The molecule has 1 amide bonds. The van der Waals surface area contributed by atoms with E-state index in [9.17, 15) is 26.9 Å². The van der Waals surface area contributed by atoms with Crippen LogP contribution in [0.25, 0.3) is 0 Å². The number of carbonyl (C=O) groups excluding carboxylic acids is 1. The smallest absolute Gasteiger partial charge is 0.331 e. The Kier molecular flexibility index (Phi) is 5.50. The van der Waals surface area contributed by atoms with Gasteiger partial charge in [-0.25, -0.2) is 0 Å². The quantitative estimate of drug-likeness (QED) is 0.575. The Morgan fingerprint density at radius 1 is 1.25 bits per heavy atom. The van der Waals surface area contributed by atoms with Crippen LogP contribution in [0.15, 0.2) is 12.7 Å². The first kappa shape index (κ1) is 16.9. The first-order valence-corrected chi connectivity index (χ1v) is 6.25. The van der Waals surface area contributed by atoms with E-state index < -0.39 is 24.0 Å². The lowest BCUT2D eigenvalue weighted by Crippen LogP contribution is -2.58. The van der Waals surface area contributed by atoms with Crippen molar-refractivity contribution in [2.75, 3.05) is 6.54 Å². The standard InChI is InChI=1S/C12H16F5NO2/c1-2-8-18(9-6-4-3-5-7-9)10(19)11(13,20-17)12(14,15)16/h2,9H,1,3-8H2. The van der Waals surface area contributed by atoms with Crippen molar-refractivity contribution >= 4 is 5.91 Å². The molecule has 1 aliphatic carbocycles. The van der Waals surface area contributed by atoms with Gasteiger partial charge in [-0.3, -0.25) is 4.79 Å². The molecule has 0 N–H and O–H groups in total. The molecule has 0 aromatic heterocycles. The third kappa shape index (κ3) is 3.28. The number of halogens is 5. The third-order valence-corrected chi connectivity index (χ3v) is 3.35. The van der Waals surface area contributed by atoms with Crippen molar-refractivity contribution in [2.45, 2.75) is 50.2 Å². The zero-order chi connectivity index (χ0) is 15.4. The number of amides is 1. The predicted molar refractivity (Wildman–Crippen MR) is 60.9 cm³/mol. The van der Waals surface area contributed by atoms with Crippen LogP contribution >= 0.6 is 0 Å². The second-order valence-corrected chi connectivity index (χ2v) is 4.71. The molecule has 0 radical (unpaired) electrons. The second kappa shape index (κ2) is 6.51. The Bertz CT molecular complexity index is 354. The Morgan fingerprint density at radius 2 is 1.80 bits per heavy atom. The molecule has 0 spiro atoms. The molecule has 1 rings (SSSR count). The Hall–Kier alpha value is -1.18. The van der Waals surface area contributed by atoms with Crippen LogP contribution in [-0.4, -0.2) is 35.4 Å². The summed E-state index contributed by atoms with van der Waals surface area (Å²) in [5.41, 5.74) is 0. The summed E-state index contributed by atoms with van der Waals surface area (Å²) < 4.78 is 63.2. The summed E-state index contributed by atoms with van der Waals surface area (Å²) in [4.78, 5) is 14.8. The summed E-state index contributed by atoms with van der Waals surface area (Å²) in [5, 5.41) is 0. The van der Waals surface area contributed by atoms with Crippen LogP contribution in [0.5, 0.6) is 0 Å². The predicted octanol–water partition coefficient (Wildman–Crippen LogP) is 3.46. The molecule has 0 aliphatic heterocycles. The average Bonchev–Trinajstić information content (AvgIpc) is 2.42. The fraction of sp³-hybridized carbons (Fsp3) is 0.750. The summed E-state index contributed by atoms with van der Waals surface area (Å²) >= 11 is 0. The molecule has 1 saturated carbocycles. The molecule has 20 heavy (non-hydrogen) atoms. The molecule has 8 heteroatoms. The Morgan fingerprint density at radius 3 is 2.20 bits per heavy atom. The van der Waals surface area contributed by atoms with Gasteiger partial charge in [0, 0.05) is 12.6 Å². The minimum absolute atomic E-state index is 0.297. The molecule has 0 bridgehead atoms. The van der Waals surface area contributed by atoms with Crippen molar-refractivity contribution in [3.05, 3.63) is 12.7 Å². The number of nitrogens with zero attached hydrogens (tertiary/aromatic N) is 1. The summed E-state index contributed by atoms with van der Waals surface area (Å²) in [6, 6.07) is -0.568. The van der Waals surface area contributed by atoms with E-state index in [-0.39, 0.29) is 6.54 Å². The molecule has 0 aromatic carbocycles. The van der Waals surface area contributed by atoms with Crippen molar-refractivity contribution in [2.24, 2.45) is 0 Å². The van der Waals surface area contributed by atoms with E-state index in [1.54, 1.807) is 0 Å². The first-order chi connectivity index (χ1) is 9.28. The highest BCUT2D eigenvalue weighted by Gasteiger charge is 2.67.